The molecule has 2 fully saturated rings. The summed E-state index contributed by atoms with van der Waals surface area (Å²) >= 11 is 0. The van der Waals surface area contributed by atoms with Gasteiger partial charge in [0.05, 0.1) is 0 Å². The molecule has 0 spiro atoms. The fraction of sp³-hybridized carbons (Fsp3) is 1.00. The van der Waals surface area contributed by atoms with Crippen molar-refractivity contribution in [2.75, 3.05) is 26.7 Å². The Balaban J connectivity index is 1.45. The normalized spacial score (nSPS) is 22.9. The summed E-state index contributed by atoms with van der Waals surface area (Å²) in [5, 5.41) is 3.62. The van der Waals surface area contributed by atoms with Crippen LogP contribution in [0.2, 0.25) is 0 Å². The molecule has 100 valence electrons. The minimum Gasteiger partial charge on any atom is -0.316 e. The van der Waals surface area contributed by atoms with Crippen LogP contribution in [0.3, 0.4) is 0 Å². The molecule has 0 bridgehead atoms. The van der Waals surface area contributed by atoms with Crippen LogP contribution >= 0.6 is 0 Å². The van der Waals surface area contributed by atoms with Crippen molar-refractivity contribution in [1.29, 1.82) is 0 Å². The Morgan fingerprint density at radius 3 is 2.41 bits per heavy atom. The predicted octanol–water partition coefficient (Wildman–Crippen LogP) is 3.03. The number of nitrogens with zero attached hydrogens (tertiary/aromatic N) is 1. The van der Waals surface area contributed by atoms with Crippen LogP contribution in [0.25, 0.3) is 0 Å². The fourth-order valence-corrected chi connectivity index (χ4v) is 3.16. The first-order valence-electron chi connectivity index (χ1n) is 7.77. The molecule has 0 radical (unpaired) electrons. The van der Waals surface area contributed by atoms with Gasteiger partial charge in [0.1, 0.15) is 0 Å². The third-order valence-electron chi connectivity index (χ3n) is 4.72. The van der Waals surface area contributed by atoms with Gasteiger partial charge in [-0.3, -0.25) is 0 Å². The van der Waals surface area contributed by atoms with Crippen LogP contribution in [0, 0.1) is 5.92 Å². The Morgan fingerprint density at radius 1 is 1.00 bits per heavy atom. The molecule has 0 aromatic carbocycles. The van der Waals surface area contributed by atoms with Crippen LogP contribution in [0.5, 0.6) is 0 Å². The maximum absolute atomic E-state index is 3.62. The number of hydrogen-bond donors (Lipinski definition) is 1. The maximum Gasteiger partial charge on any atom is 0.00922 e. The molecule has 2 aliphatic rings. The van der Waals surface area contributed by atoms with E-state index in [1.165, 1.54) is 77.4 Å². The van der Waals surface area contributed by atoms with E-state index in [4.69, 9.17) is 0 Å². The van der Waals surface area contributed by atoms with Gasteiger partial charge >= 0.3 is 0 Å². The predicted molar refractivity (Wildman–Crippen MR) is 74.3 cm³/mol. The molecule has 0 unspecified atom stereocenters. The Labute approximate surface area is 107 Å². The van der Waals surface area contributed by atoms with E-state index >= 15 is 0 Å². The first kappa shape index (κ1) is 13.4. The molecule has 1 N–H and O–H groups in total. The molecule has 0 saturated heterocycles. The first-order chi connectivity index (χ1) is 8.36. The van der Waals surface area contributed by atoms with Crippen molar-refractivity contribution >= 4 is 0 Å². The molecule has 0 aromatic rings. The summed E-state index contributed by atoms with van der Waals surface area (Å²) in [6.45, 7) is 3.77. The van der Waals surface area contributed by atoms with E-state index < -0.39 is 0 Å². The molecule has 2 nitrogen and oxygen atoms in total. The van der Waals surface area contributed by atoms with Gasteiger partial charge in [-0.1, -0.05) is 25.7 Å². The van der Waals surface area contributed by atoms with Crippen molar-refractivity contribution in [3.8, 4) is 0 Å². The highest BCUT2D eigenvalue weighted by Crippen LogP contribution is 2.25. The third kappa shape index (κ3) is 4.59. The van der Waals surface area contributed by atoms with E-state index in [1.54, 1.807) is 0 Å². The summed E-state index contributed by atoms with van der Waals surface area (Å²) in [5.41, 5.74) is 0. The average molecular weight is 238 g/mol. The van der Waals surface area contributed by atoms with Gasteiger partial charge in [-0.15, -0.1) is 0 Å². The lowest BCUT2D eigenvalue weighted by Gasteiger charge is -2.31. The lowest BCUT2D eigenvalue weighted by Crippen LogP contribution is -2.36. The van der Waals surface area contributed by atoms with Gasteiger partial charge in [0.15, 0.2) is 0 Å². The van der Waals surface area contributed by atoms with Crippen molar-refractivity contribution in [1.82, 2.24) is 10.2 Å². The van der Waals surface area contributed by atoms with Gasteiger partial charge < -0.3 is 10.2 Å². The van der Waals surface area contributed by atoms with E-state index in [9.17, 15) is 0 Å². The SMILES string of the molecule is CN(CCCNCC1CCC1)C1CCCCC1. The topological polar surface area (TPSA) is 15.3 Å². The monoisotopic (exact) mass is 238 g/mol. The largest absolute Gasteiger partial charge is 0.316 e. The van der Waals surface area contributed by atoms with Crippen molar-refractivity contribution in [2.45, 2.75) is 63.8 Å². The minimum absolute atomic E-state index is 0.885. The molecule has 2 aliphatic carbocycles. The highest BCUT2D eigenvalue weighted by Gasteiger charge is 2.18. The highest BCUT2D eigenvalue weighted by molar-refractivity contribution is 4.74. The second-order valence-electron chi connectivity index (χ2n) is 6.13. The molecule has 0 heterocycles. The smallest absolute Gasteiger partial charge is 0.00922 e. The van der Waals surface area contributed by atoms with E-state index in [0.717, 1.165) is 12.0 Å². The summed E-state index contributed by atoms with van der Waals surface area (Å²) in [6.07, 6.45) is 13.0. The van der Waals surface area contributed by atoms with E-state index in [1.807, 2.05) is 0 Å². The van der Waals surface area contributed by atoms with Crippen LogP contribution < -0.4 is 5.32 Å². The first-order valence-corrected chi connectivity index (χ1v) is 7.77. The quantitative estimate of drug-likeness (QED) is 0.686. The lowest BCUT2D eigenvalue weighted by molar-refractivity contribution is 0.189. The minimum atomic E-state index is 0.885. The standard InChI is InChI=1S/C15H30N2/c1-17(15-9-3-2-4-10-15)12-6-11-16-13-14-7-5-8-14/h14-16H,2-13H2,1H3. The number of rotatable bonds is 7. The summed E-state index contributed by atoms with van der Waals surface area (Å²) in [4.78, 5) is 2.60. The van der Waals surface area contributed by atoms with Crippen LogP contribution in [0.15, 0.2) is 0 Å². The zero-order valence-corrected chi connectivity index (χ0v) is 11.6. The van der Waals surface area contributed by atoms with E-state index in [2.05, 4.69) is 17.3 Å². The van der Waals surface area contributed by atoms with Gasteiger partial charge in [0, 0.05) is 6.04 Å². The third-order valence-corrected chi connectivity index (χ3v) is 4.72. The fourth-order valence-electron chi connectivity index (χ4n) is 3.16. The molecule has 2 saturated carbocycles. The van der Waals surface area contributed by atoms with Gasteiger partial charge in [-0.25, -0.2) is 0 Å². The molecule has 0 atom stereocenters. The van der Waals surface area contributed by atoms with Crippen molar-refractivity contribution in [3.63, 3.8) is 0 Å². The van der Waals surface area contributed by atoms with Crippen molar-refractivity contribution in [3.05, 3.63) is 0 Å². The van der Waals surface area contributed by atoms with Gasteiger partial charge in [0.2, 0.25) is 0 Å². The number of hydrogen-bond acceptors (Lipinski definition) is 2. The molecular weight excluding hydrogens is 208 g/mol. The van der Waals surface area contributed by atoms with Crippen LogP contribution in [-0.4, -0.2) is 37.6 Å². The Kier molecular flexibility index (Phi) is 5.79. The molecule has 0 aliphatic heterocycles. The molecule has 2 rings (SSSR count). The van der Waals surface area contributed by atoms with Crippen molar-refractivity contribution in [2.24, 2.45) is 5.92 Å². The summed E-state index contributed by atoms with van der Waals surface area (Å²) in [6, 6.07) is 0.885. The second kappa shape index (κ2) is 7.38. The molecule has 0 amide bonds. The summed E-state index contributed by atoms with van der Waals surface area (Å²) < 4.78 is 0. The lowest BCUT2D eigenvalue weighted by atomic mass is 9.85. The zero-order valence-electron chi connectivity index (χ0n) is 11.6. The van der Waals surface area contributed by atoms with Gasteiger partial charge in [-0.2, -0.15) is 0 Å². The molecule has 2 heteroatoms. The van der Waals surface area contributed by atoms with E-state index in [0.29, 0.717) is 0 Å². The Hall–Kier alpha value is -0.0800. The Morgan fingerprint density at radius 2 is 1.76 bits per heavy atom. The number of nitrogens with one attached hydrogen (secondary N) is 1. The second-order valence-corrected chi connectivity index (χ2v) is 6.13. The van der Waals surface area contributed by atoms with Crippen molar-refractivity contribution < 1.29 is 0 Å². The van der Waals surface area contributed by atoms with Gasteiger partial charge in [-0.05, 0) is 64.7 Å². The zero-order chi connectivity index (χ0) is 11.9. The van der Waals surface area contributed by atoms with Crippen LogP contribution in [-0.2, 0) is 0 Å². The summed E-state index contributed by atoms with van der Waals surface area (Å²) in [7, 11) is 2.32. The van der Waals surface area contributed by atoms with Crippen LogP contribution in [0.1, 0.15) is 57.8 Å². The van der Waals surface area contributed by atoms with Crippen LogP contribution in [0.4, 0.5) is 0 Å². The summed E-state index contributed by atoms with van der Waals surface area (Å²) in [5.74, 6) is 1.01. The molecular formula is C15H30N2. The molecule has 0 aromatic heterocycles. The van der Waals surface area contributed by atoms with E-state index in [-0.39, 0.29) is 0 Å². The van der Waals surface area contributed by atoms with Gasteiger partial charge in [0.25, 0.3) is 0 Å². The highest BCUT2D eigenvalue weighted by atomic mass is 15.1. The molecule has 17 heavy (non-hydrogen) atoms. The Bertz CT molecular complexity index is 195. The average Bonchev–Trinajstić information content (AvgIpc) is 2.32. The maximum atomic E-state index is 3.62.